The van der Waals surface area contributed by atoms with E-state index in [1.54, 1.807) is 0 Å². The summed E-state index contributed by atoms with van der Waals surface area (Å²) in [6, 6.07) is 8.24. The van der Waals surface area contributed by atoms with Crippen LogP contribution in [0.25, 0.3) is 11.4 Å². The lowest BCUT2D eigenvalue weighted by molar-refractivity contribution is -0.660. The number of hydrogen-bond donors (Lipinski definition) is 1. The maximum Gasteiger partial charge on any atom is 0.232 e. The minimum atomic E-state index is 0.110. The van der Waals surface area contributed by atoms with Gasteiger partial charge in [0.25, 0.3) is 0 Å². The molecule has 2 heterocycles. The maximum atomic E-state index is 4.37. The van der Waals surface area contributed by atoms with Crippen molar-refractivity contribution in [2.24, 2.45) is 7.05 Å². The van der Waals surface area contributed by atoms with Crippen molar-refractivity contribution >= 4 is 0 Å². The second-order valence-corrected chi connectivity index (χ2v) is 5.11. The number of nitrogens with zero attached hydrogens (tertiary/aromatic N) is 2. The number of aromatic nitrogens is 3. The van der Waals surface area contributed by atoms with Gasteiger partial charge in [0.05, 0.1) is 0 Å². The van der Waals surface area contributed by atoms with Gasteiger partial charge >= 0.3 is 0 Å². The Balaban J connectivity index is 2.44. The number of aryl methyl sites for hydroxylation is 1. The van der Waals surface area contributed by atoms with Gasteiger partial charge in [-0.05, 0) is 12.1 Å². The van der Waals surface area contributed by atoms with Crippen LogP contribution >= 0.6 is 0 Å². The van der Waals surface area contributed by atoms with Crippen molar-refractivity contribution in [3.05, 3.63) is 36.2 Å². The third-order valence-electron chi connectivity index (χ3n) is 2.70. The molecular formula is C13H18N3+. The lowest BCUT2D eigenvalue weighted by Gasteiger charge is -2.14. The summed E-state index contributed by atoms with van der Waals surface area (Å²) < 4.78 is 2.07. The summed E-state index contributed by atoms with van der Waals surface area (Å²) in [4.78, 5) is 0. The van der Waals surface area contributed by atoms with Gasteiger partial charge in [0.2, 0.25) is 5.69 Å². The Morgan fingerprint density at radius 2 is 2.00 bits per heavy atom. The molecule has 3 nitrogen and oxygen atoms in total. The van der Waals surface area contributed by atoms with Crippen molar-refractivity contribution in [2.75, 3.05) is 0 Å². The van der Waals surface area contributed by atoms with Crippen molar-refractivity contribution in [3.8, 4) is 11.4 Å². The van der Waals surface area contributed by atoms with Gasteiger partial charge < -0.3 is 0 Å². The Morgan fingerprint density at radius 3 is 2.56 bits per heavy atom. The predicted molar refractivity (Wildman–Crippen MR) is 63.9 cm³/mol. The van der Waals surface area contributed by atoms with Crippen LogP contribution in [0.5, 0.6) is 0 Å². The fourth-order valence-corrected chi connectivity index (χ4v) is 1.63. The van der Waals surface area contributed by atoms with Crippen LogP contribution in [0.4, 0.5) is 0 Å². The van der Waals surface area contributed by atoms with Gasteiger partial charge in [-0.2, -0.15) is 9.67 Å². The number of H-pyrrole nitrogens is 1. The summed E-state index contributed by atoms with van der Waals surface area (Å²) in [6.45, 7) is 6.53. The molecule has 0 saturated carbocycles. The molecule has 2 aromatic heterocycles. The van der Waals surface area contributed by atoms with Crippen LogP contribution in [-0.4, -0.2) is 10.2 Å². The van der Waals surface area contributed by atoms with Gasteiger partial charge in [0.1, 0.15) is 7.05 Å². The molecule has 0 aliphatic rings. The largest absolute Gasteiger partial charge is 0.281 e. The maximum absolute atomic E-state index is 4.37. The Labute approximate surface area is 96.1 Å². The third-order valence-corrected chi connectivity index (χ3v) is 2.70. The van der Waals surface area contributed by atoms with Gasteiger partial charge in [-0.25, -0.2) is 0 Å². The second kappa shape index (κ2) is 3.74. The number of hydrogen-bond acceptors (Lipinski definition) is 1. The highest BCUT2D eigenvalue weighted by atomic mass is 15.1. The van der Waals surface area contributed by atoms with Crippen molar-refractivity contribution in [1.29, 1.82) is 0 Å². The highest BCUT2D eigenvalue weighted by Gasteiger charge is 2.19. The van der Waals surface area contributed by atoms with Gasteiger partial charge in [0, 0.05) is 23.2 Å². The van der Waals surface area contributed by atoms with Gasteiger partial charge in [0.15, 0.2) is 11.9 Å². The lowest BCUT2D eigenvalue weighted by atomic mass is 9.92. The van der Waals surface area contributed by atoms with E-state index in [9.17, 15) is 0 Å². The van der Waals surface area contributed by atoms with Crippen LogP contribution < -0.4 is 4.57 Å². The van der Waals surface area contributed by atoms with Crippen LogP contribution in [-0.2, 0) is 12.5 Å². The predicted octanol–water partition coefficient (Wildman–Crippen LogP) is 2.20. The molecule has 0 spiro atoms. The van der Waals surface area contributed by atoms with Gasteiger partial charge in [-0.15, -0.1) is 0 Å². The van der Waals surface area contributed by atoms with E-state index >= 15 is 0 Å². The number of pyridine rings is 1. The highest BCUT2D eigenvalue weighted by molar-refractivity contribution is 5.51. The average Bonchev–Trinajstić information content (AvgIpc) is 2.66. The van der Waals surface area contributed by atoms with E-state index in [0.717, 1.165) is 17.1 Å². The van der Waals surface area contributed by atoms with Crippen molar-refractivity contribution in [1.82, 2.24) is 10.2 Å². The minimum absolute atomic E-state index is 0.110. The molecule has 0 amide bonds. The van der Waals surface area contributed by atoms with Crippen molar-refractivity contribution in [3.63, 3.8) is 0 Å². The first kappa shape index (κ1) is 10.9. The molecule has 0 atom stereocenters. The average molecular weight is 216 g/mol. The normalized spacial score (nSPS) is 11.8. The highest BCUT2D eigenvalue weighted by Crippen LogP contribution is 2.23. The lowest BCUT2D eigenvalue weighted by Crippen LogP contribution is -2.29. The molecule has 0 fully saturated rings. The summed E-state index contributed by atoms with van der Waals surface area (Å²) >= 11 is 0. The first-order chi connectivity index (χ1) is 7.48. The molecule has 84 valence electrons. The van der Waals surface area contributed by atoms with Crippen molar-refractivity contribution in [2.45, 2.75) is 26.2 Å². The van der Waals surface area contributed by atoms with E-state index in [1.807, 2.05) is 25.4 Å². The smallest absolute Gasteiger partial charge is 0.232 e. The first-order valence-electron chi connectivity index (χ1n) is 5.49. The van der Waals surface area contributed by atoms with Crippen LogP contribution in [0.2, 0.25) is 0 Å². The molecule has 0 unspecified atom stereocenters. The molecule has 2 aromatic rings. The molecule has 0 bridgehead atoms. The number of aromatic amines is 1. The fourth-order valence-electron chi connectivity index (χ4n) is 1.63. The first-order valence-corrected chi connectivity index (χ1v) is 5.49. The summed E-state index contributed by atoms with van der Waals surface area (Å²) in [7, 11) is 2.03. The second-order valence-electron chi connectivity index (χ2n) is 5.11. The van der Waals surface area contributed by atoms with E-state index in [0.29, 0.717) is 0 Å². The van der Waals surface area contributed by atoms with Crippen LogP contribution in [0.15, 0.2) is 30.5 Å². The van der Waals surface area contributed by atoms with E-state index in [-0.39, 0.29) is 5.41 Å². The summed E-state index contributed by atoms with van der Waals surface area (Å²) in [5, 5.41) is 7.48. The molecule has 3 heteroatoms. The Morgan fingerprint density at radius 1 is 1.25 bits per heavy atom. The van der Waals surface area contributed by atoms with Gasteiger partial charge in [-0.1, -0.05) is 20.8 Å². The standard InChI is InChI=1S/C13H17N3/c1-13(2,3)12-9-10(14-15-12)11-7-5-6-8-16(11)4/h5-9H,1-4H3/p+1. The van der Waals surface area contributed by atoms with E-state index in [1.165, 1.54) is 0 Å². The minimum Gasteiger partial charge on any atom is -0.281 e. The Kier molecular flexibility index (Phi) is 2.54. The molecule has 0 saturated heterocycles. The number of rotatable bonds is 1. The Bertz CT molecular complexity index is 492. The molecule has 0 radical (unpaired) electrons. The third kappa shape index (κ3) is 1.98. The summed E-state index contributed by atoms with van der Waals surface area (Å²) in [6.07, 6.45) is 2.03. The summed E-state index contributed by atoms with van der Waals surface area (Å²) in [5.41, 5.74) is 3.38. The zero-order valence-corrected chi connectivity index (χ0v) is 10.3. The zero-order valence-electron chi connectivity index (χ0n) is 10.3. The Hall–Kier alpha value is -1.64. The quantitative estimate of drug-likeness (QED) is 0.728. The SMILES string of the molecule is C[n+]1ccccc1-c1cc(C(C)(C)C)[nH]n1. The van der Waals surface area contributed by atoms with E-state index < -0.39 is 0 Å². The van der Waals surface area contributed by atoms with Crippen LogP contribution in [0.1, 0.15) is 26.5 Å². The van der Waals surface area contributed by atoms with Crippen molar-refractivity contribution < 1.29 is 4.57 Å². The van der Waals surface area contributed by atoms with Crippen LogP contribution in [0.3, 0.4) is 0 Å². The molecule has 16 heavy (non-hydrogen) atoms. The zero-order chi connectivity index (χ0) is 11.8. The monoisotopic (exact) mass is 216 g/mol. The number of nitrogens with one attached hydrogen (secondary N) is 1. The van der Waals surface area contributed by atoms with E-state index in [2.05, 4.69) is 47.7 Å². The fraction of sp³-hybridized carbons (Fsp3) is 0.385. The molecule has 0 aliphatic carbocycles. The molecular weight excluding hydrogens is 198 g/mol. The molecule has 0 aliphatic heterocycles. The van der Waals surface area contributed by atoms with E-state index in [4.69, 9.17) is 0 Å². The molecule has 2 rings (SSSR count). The topological polar surface area (TPSA) is 32.6 Å². The van der Waals surface area contributed by atoms with Gasteiger partial charge in [-0.3, -0.25) is 5.10 Å². The summed E-state index contributed by atoms with van der Waals surface area (Å²) in [5.74, 6) is 0. The molecule has 1 N–H and O–H groups in total. The van der Waals surface area contributed by atoms with Crippen LogP contribution in [0, 0.1) is 0 Å². The molecule has 0 aromatic carbocycles.